The number of nitrogens with zero attached hydrogens (tertiary/aromatic N) is 3. The van der Waals surface area contributed by atoms with Crippen molar-refractivity contribution in [2.45, 2.75) is 6.54 Å². The average Bonchev–Trinajstić information content (AvgIpc) is 2.80. The van der Waals surface area contributed by atoms with Crippen molar-refractivity contribution in [2.75, 3.05) is 26.2 Å². The van der Waals surface area contributed by atoms with Gasteiger partial charge in [0.25, 0.3) is 0 Å². The van der Waals surface area contributed by atoms with E-state index in [1.54, 1.807) is 0 Å². The first-order valence-corrected chi connectivity index (χ1v) is 5.76. The lowest BCUT2D eigenvalue weighted by atomic mass is 10.2. The van der Waals surface area contributed by atoms with E-state index in [1.807, 2.05) is 18.7 Å². The highest BCUT2D eigenvalue weighted by molar-refractivity contribution is 5.52. The van der Waals surface area contributed by atoms with E-state index < -0.39 is 0 Å². The fraction of sp³-hybridized carbons (Fsp3) is 0.417. The lowest BCUT2D eigenvalue weighted by molar-refractivity contribution is 0.234. The Bertz CT molecular complexity index is 471. The van der Waals surface area contributed by atoms with Gasteiger partial charge < -0.3 is 9.72 Å². The summed E-state index contributed by atoms with van der Waals surface area (Å²) in [7, 11) is 0. The van der Waals surface area contributed by atoms with Gasteiger partial charge in [-0.25, -0.2) is 4.98 Å². The van der Waals surface area contributed by atoms with Crippen LogP contribution in [0.15, 0.2) is 30.9 Å². The molecule has 0 saturated carbocycles. The van der Waals surface area contributed by atoms with Crippen molar-refractivity contribution < 1.29 is 0 Å². The largest absolute Gasteiger partial charge is 0.314 e. The van der Waals surface area contributed by atoms with Crippen molar-refractivity contribution in [1.29, 1.82) is 0 Å². The van der Waals surface area contributed by atoms with Crippen molar-refractivity contribution >= 4 is 5.52 Å². The molecule has 2 aromatic heterocycles. The Morgan fingerprint density at radius 1 is 1.31 bits per heavy atom. The number of fused-ring (bicyclic) bond motifs is 1. The number of hydrogen-bond acceptors (Lipinski definition) is 3. The summed E-state index contributed by atoms with van der Waals surface area (Å²) in [6.45, 7) is 5.49. The maximum Gasteiger partial charge on any atom is 0.0992 e. The molecule has 2 aromatic rings. The number of imidazole rings is 1. The zero-order chi connectivity index (χ0) is 10.8. The smallest absolute Gasteiger partial charge is 0.0992 e. The van der Waals surface area contributed by atoms with Gasteiger partial charge in [-0.1, -0.05) is 6.07 Å². The molecule has 1 aliphatic heterocycles. The van der Waals surface area contributed by atoms with Crippen LogP contribution in [0.1, 0.15) is 5.56 Å². The van der Waals surface area contributed by atoms with Crippen LogP contribution in [0.4, 0.5) is 0 Å². The molecule has 3 heterocycles. The van der Waals surface area contributed by atoms with E-state index in [-0.39, 0.29) is 0 Å². The summed E-state index contributed by atoms with van der Waals surface area (Å²) in [4.78, 5) is 6.67. The van der Waals surface area contributed by atoms with E-state index in [9.17, 15) is 0 Å². The molecule has 1 N–H and O–H groups in total. The highest BCUT2D eigenvalue weighted by Gasteiger charge is 2.11. The van der Waals surface area contributed by atoms with Gasteiger partial charge in [-0.15, -0.1) is 0 Å². The standard InChI is InChI=1S/C12H16N4/c1-2-11(9-15-6-3-13-4-7-15)12-8-14-10-16(12)5-1/h1-2,5,8,10,13H,3-4,6-7,9H2. The van der Waals surface area contributed by atoms with E-state index in [1.165, 1.54) is 11.1 Å². The molecule has 0 amide bonds. The maximum absolute atomic E-state index is 4.19. The van der Waals surface area contributed by atoms with E-state index >= 15 is 0 Å². The third-order valence-electron chi connectivity index (χ3n) is 3.14. The molecule has 0 spiro atoms. The van der Waals surface area contributed by atoms with Crippen molar-refractivity contribution in [3.05, 3.63) is 36.4 Å². The van der Waals surface area contributed by atoms with Gasteiger partial charge in [0.1, 0.15) is 0 Å². The Hall–Kier alpha value is -1.39. The Kier molecular flexibility index (Phi) is 2.60. The lowest BCUT2D eigenvalue weighted by Gasteiger charge is -2.27. The Labute approximate surface area is 94.9 Å². The van der Waals surface area contributed by atoms with Crippen LogP contribution >= 0.6 is 0 Å². The van der Waals surface area contributed by atoms with Crippen molar-refractivity contribution in [3.63, 3.8) is 0 Å². The van der Waals surface area contributed by atoms with E-state index in [4.69, 9.17) is 0 Å². The van der Waals surface area contributed by atoms with Crippen molar-refractivity contribution in [2.24, 2.45) is 0 Å². The molecule has 84 valence electrons. The van der Waals surface area contributed by atoms with Crippen LogP contribution in [0, 0.1) is 0 Å². The zero-order valence-electron chi connectivity index (χ0n) is 9.26. The minimum absolute atomic E-state index is 1.03. The first-order valence-electron chi connectivity index (χ1n) is 5.76. The summed E-state index contributed by atoms with van der Waals surface area (Å²) in [5.41, 5.74) is 2.59. The molecule has 1 fully saturated rings. The molecule has 16 heavy (non-hydrogen) atoms. The third-order valence-corrected chi connectivity index (χ3v) is 3.14. The van der Waals surface area contributed by atoms with Gasteiger partial charge in [0.2, 0.25) is 0 Å². The summed E-state index contributed by atoms with van der Waals surface area (Å²) in [6.07, 6.45) is 5.84. The van der Waals surface area contributed by atoms with Crippen LogP contribution in [-0.4, -0.2) is 40.5 Å². The molecule has 1 aliphatic rings. The van der Waals surface area contributed by atoms with Gasteiger partial charge in [-0.3, -0.25) is 4.90 Å². The van der Waals surface area contributed by atoms with Crippen LogP contribution in [0.5, 0.6) is 0 Å². The van der Waals surface area contributed by atoms with Gasteiger partial charge in [0.05, 0.1) is 18.0 Å². The van der Waals surface area contributed by atoms with Gasteiger partial charge >= 0.3 is 0 Å². The molecular formula is C12H16N4. The van der Waals surface area contributed by atoms with Crippen LogP contribution in [0.2, 0.25) is 0 Å². The Balaban J connectivity index is 1.85. The predicted molar refractivity (Wildman–Crippen MR) is 63.3 cm³/mol. The molecule has 0 aliphatic carbocycles. The first-order chi connectivity index (χ1) is 7.93. The Morgan fingerprint density at radius 2 is 2.19 bits per heavy atom. The number of nitrogens with one attached hydrogen (secondary N) is 1. The van der Waals surface area contributed by atoms with Crippen LogP contribution < -0.4 is 5.32 Å². The van der Waals surface area contributed by atoms with Gasteiger partial charge in [0, 0.05) is 38.9 Å². The second-order valence-electron chi connectivity index (χ2n) is 4.25. The minimum Gasteiger partial charge on any atom is -0.314 e. The van der Waals surface area contributed by atoms with Gasteiger partial charge in [0.15, 0.2) is 0 Å². The predicted octanol–water partition coefficient (Wildman–Crippen LogP) is 0.739. The second kappa shape index (κ2) is 4.23. The number of hydrogen-bond donors (Lipinski definition) is 1. The van der Waals surface area contributed by atoms with E-state index in [2.05, 4.69) is 31.7 Å². The topological polar surface area (TPSA) is 32.6 Å². The second-order valence-corrected chi connectivity index (χ2v) is 4.25. The third kappa shape index (κ3) is 1.81. The van der Waals surface area contributed by atoms with E-state index in [0.717, 1.165) is 32.7 Å². The fourth-order valence-electron chi connectivity index (χ4n) is 2.25. The summed E-state index contributed by atoms with van der Waals surface area (Å²) in [5, 5.41) is 3.37. The summed E-state index contributed by atoms with van der Waals surface area (Å²) >= 11 is 0. The van der Waals surface area contributed by atoms with Gasteiger partial charge in [-0.2, -0.15) is 0 Å². The summed E-state index contributed by atoms with van der Waals surface area (Å²) in [5.74, 6) is 0. The van der Waals surface area contributed by atoms with Crippen LogP contribution in [0.3, 0.4) is 0 Å². The van der Waals surface area contributed by atoms with Gasteiger partial charge in [-0.05, 0) is 11.6 Å². The highest BCUT2D eigenvalue weighted by atomic mass is 15.2. The normalized spacial score (nSPS) is 18.0. The summed E-state index contributed by atoms with van der Waals surface area (Å²) in [6, 6.07) is 4.28. The Morgan fingerprint density at radius 3 is 3.06 bits per heavy atom. The van der Waals surface area contributed by atoms with E-state index in [0.29, 0.717) is 0 Å². The highest BCUT2D eigenvalue weighted by Crippen LogP contribution is 2.12. The number of rotatable bonds is 2. The monoisotopic (exact) mass is 216 g/mol. The maximum atomic E-state index is 4.19. The molecule has 4 nitrogen and oxygen atoms in total. The molecule has 3 rings (SSSR count). The molecule has 0 atom stereocenters. The number of piperazine rings is 1. The molecular weight excluding hydrogens is 200 g/mol. The van der Waals surface area contributed by atoms with Crippen molar-refractivity contribution in [3.8, 4) is 0 Å². The zero-order valence-corrected chi connectivity index (χ0v) is 9.26. The molecule has 0 radical (unpaired) electrons. The van der Waals surface area contributed by atoms with Crippen LogP contribution in [0.25, 0.3) is 5.52 Å². The minimum atomic E-state index is 1.03. The molecule has 4 heteroatoms. The SMILES string of the molecule is c1cc(CN2CCNCC2)c2cncn2c1. The molecule has 0 unspecified atom stereocenters. The fourth-order valence-corrected chi connectivity index (χ4v) is 2.25. The number of pyridine rings is 1. The quantitative estimate of drug-likeness (QED) is 0.803. The average molecular weight is 216 g/mol. The van der Waals surface area contributed by atoms with Crippen molar-refractivity contribution in [1.82, 2.24) is 19.6 Å². The molecule has 0 aromatic carbocycles. The lowest BCUT2D eigenvalue weighted by Crippen LogP contribution is -2.42. The van der Waals surface area contributed by atoms with Crippen LogP contribution in [-0.2, 0) is 6.54 Å². The summed E-state index contributed by atoms with van der Waals surface area (Å²) < 4.78 is 2.08. The first kappa shape index (κ1) is 9.81. The molecule has 1 saturated heterocycles. The molecule has 0 bridgehead atoms. The number of aromatic nitrogens is 2.